The summed E-state index contributed by atoms with van der Waals surface area (Å²) in [6.45, 7) is 2.02. The van der Waals surface area contributed by atoms with Crippen molar-refractivity contribution in [3.8, 4) is 6.07 Å². The van der Waals surface area contributed by atoms with Crippen LogP contribution in [0.4, 0.5) is 4.79 Å². The van der Waals surface area contributed by atoms with Gasteiger partial charge >= 0.3 is 6.03 Å². The van der Waals surface area contributed by atoms with Crippen LogP contribution in [-0.2, 0) is 19.2 Å². The minimum Gasteiger partial charge on any atom is -0.383 e. The molecule has 1 aromatic heterocycles. The van der Waals surface area contributed by atoms with E-state index in [0.717, 1.165) is 5.56 Å². The van der Waals surface area contributed by atoms with E-state index in [0.29, 0.717) is 17.7 Å². The first kappa shape index (κ1) is 16.5. The predicted molar refractivity (Wildman–Crippen MR) is 84.2 cm³/mol. The topological polar surface area (TPSA) is 103 Å². The number of hydrogen-bond acceptors (Lipinski definition) is 4. The largest absolute Gasteiger partial charge is 0.383 e. The van der Waals surface area contributed by atoms with Crippen LogP contribution < -0.4 is 10.6 Å². The molecule has 0 bridgehead atoms. The molecule has 2 aromatic rings. The fraction of sp³-hybridized carbons (Fsp3) is 0.312. The molecule has 0 saturated heterocycles. The Hall–Kier alpha value is -2.85. The van der Waals surface area contributed by atoms with Crippen LogP contribution in [0.2, 0.25) is 0 Å². The van der Waals surface area contributed by atoms with E-state index in [-0.39, 0.29) is 12.6 Å². The maximum absolute atomic E-state index is 11.8. The molecule has 1 unspecified atom stereocenters. The molecule has 0 saturated carbocycles. The second-order valence-corrected chi connectivity index (χ2v) is 5.52. The molecule has 2 amide bonds. The molecule has 7 heteroatoms. The Morgan fingerprint density at radius 3 is 2.65 bits per heavy atom. The molecule has 0 aliphatic carbocycles. The second kappa shape index (κ2) is 6.94. The number of nitrogens with one attached hydrogen (secondary N) is 2. The molecular formula is C16H19N5O2. The van der Waals surface area contributed by atoms with Gasteiger partial charge in [0.15, 0.2) is 0 Å². The zero-order chi connectivity index (χ0) is 16.9. The quantitative estimate of drug-likeness (QED) is 0.766. The summed E-state index contributed by atoms with van der Waals surface area (Å²) in [6.07, 6.45) is 3.27. The molecule has 2 rings (SSSR count). The van der Waals surface area contributed by atoms with Crippen LogP contribution >= 0.6 is 0 Å². The van der Waals surface area contributed by atoms with Gasteiger partial charge in [-0.05, 0) is 24.6 Å². The standard InChI is InChI=1S/C16H19N5O2/c1-16(23,14-9-20-21(2)10-14)11-19-15(22)18-8-13-5-3-12(7-17)4-6-13/h3-6,9-10,23H,8,11H2,1-2H3,(H2,18,19,22). The lowest BCUT2D eigenvalue weighted by Gasteiger charge is -2.22. The maximum atomic E-state index is 11.8. The van der Waals surface area contributed by atoms with Crippen LogP contribution in [0.25, 0.3) is 0 Å². The number of carbonyl (C=O) groups excluding carboxylic acids is 1. The Balaban J connectivity index is 1.81. The monoisotopic (exact) mass is 313 g/mol. The number of aliphatic hydroxyl groups is 1. The second-order valence-electron chi connectivity index (χ2n) is 5.52. The van der Waals surface area contributed by atoms with E-state index in [1.807, 2.05) is 6.07 Å². The highest BCUT2D eigenvalue weighted by atomic mass is 16.3. The number of nitriles is 1. The van der Waals surface area contributed by atoms with Crippen LogP contribution in [0.15, 0.2) is 36.7 Å². The summed E-state index contributed by atoms with van der Waals surface area (Å²) in [7, 11) is 1.76. The average molecular weight is 313 g/mol. The van der Waals surface area contributed by atoms with E-state index < -0.39 is 5.60 Å². The number of benzene rings is 1. The van der Waals surface area contributed by atoms with Crippen molar-refractivity contribution in [2.45, 2.75) is 19.1 Å². The van der Waals surface area contributed by atoms with Gasteiger partial charge in [0.2, 0.25) is 0 Å². The fourth-order valence-electron chi connectivity index (χ4n) is 2.00. The van der Waals surface area contributed by atoms with Crippen LogP contribution in [0.3, 0.4) is 0 Å². The summed E-state index contributed by atoms with van der Waals surface area (Å²) in [5, 5.41) is 28.4. The highest BCUT2D eigenvalue weighted by Gasteiger charge is 2.25. The predicted octanol–water partition coefficient (Wildman–Crippen LogP) is 0.999. The number of rotatable bonds is 5. The number of nitrogens with zero attached hydrogens (tertiary/aromatic N) is 3. The minimum absolute atomic E-state index is 0.0674. The van der Waals surface area contributed by atoms with Gasteiger partial charge in [-0.15, -0.1) is 0 Å². The third-order valence-electron chi connectivity index (χ3n) is 3.46. The van der Waals surface area contributed by atoms with Crippen LogP contribution in [0, 0.1) is 11.3 Å². The number of carbonyl (C=O) groups is 1. The molecule has 0 fully saturated rings. The highest BCUT2D eigenvalue weighted by Crippen LogP contribution is 2.18. The first-order valence-corrected chi connectivity index (χ1v) is 7.13. The lowest BCUT2D eigenvalue weighted by molar-refractivity contribution is 0.0593. The first-order chi connectivity index (χ1) is 10.9. The molecular weight excluding hydrogens is 294 g/mol. The Morgan fingerprint density at radius 1 is 1.39 bits per heavy atom. The van der Waals surface area contributed by atoms with Crippen LogP contribution in [0.1, 0.15) is 23.6 Å². The number of hydrogen-bond donors (Lipinski definition) is 3. The molecule has 23 heavy (non-hydrogen) atoms. The normalized spacial score (nSPS) is 13.0. The lowest BCUT2D eigenvalue weighted by atomic mass is 10.00. The van der Waals surface area contributed by atoms with Crippen molar-refractivity contribution in [2.24, 2.45) is 7.05 Å². The molecule has 1 atom stereocenters. The number of aromatic nitrogens is 2. The molecule has 0 aliphatic rings. The molecule has 7 nitrogen and oxygen atoms in total. The first-order valence-electron chi connectivity index (χ1n) is 7.13. The molecule has 0 aliphatic heterocycles. The number of amides is 2. The van der Waals surface area contributed by atoms with E-state index in [1.54, 1.807) is 55.3 Å². The van der Waals surface area contributed by atoms with Crippen LogP contribution in [-0.4, -0.2) is 27.5 Å². The zero-order valence-corrected chi connectivity index (χ0v) is 13.1. The zero-order valence-electron chi connectivity index (χ0n) is 13.1. The Labute approximate surface area is 134 Å². The Morgan fingerprint density at radius 2 is 2.09 bits per heavy atom. The lowest BCUT2D eigenvalue weighted by Crippen LogP contribution is -2.43. The summed E-state index contributed by atoms with van der Waals surface area (Å²) in [5.74, 6) is 0. The summed E-state index contributed by atoms with van der Waals surface area (Å²) in [5.41, 5.74) is 0.899. The summed E-state index contributed by atoms with van der Waals surface area (Å²) >= 11 is 0. The molecule has 3 N–H and O–H groups in total. The maximum Gasteiger partial charge on any atom is 0.315 e. The molecule has 1 aromatic carbocycles. The summed E-state index contributed by atoms with van der Waals surface area (Å²) < 4.78 is 1.59. The Bertz CT molecular complexity index is 713. The van der Waals surface area contributed by atoms with Crippen molar-refractivity contribution >= 4 is 6.03 Å². The van der Waals surface area contributed by atoms with E-state index >= 15 is 0 Å². The van der Waals surface area contributed by atoms with Gasteiger partial charge in [-0.2, -0.15) is 10.4 Å². The third-order valence-corrected chi connectivity index (χ3v) is 3.46. The van der Waals surface area contributed by atoms with Gasteiger partial charge in [0, 0.05) is 25.4 Å². The van der Waals surface area contributed by atoms with Crippen molar-refractivity contribution in [2.75, 3.05) is 6.54 Å². The molecule has 0 radical (unpaired) electrons. The van der Waals surface area contributed by atoms with Gasteiger partial charge in [0.1, 0.15) is 5.60 Å². The molecule has 120 valence electrons. The summed E-state index contributed by atoms with van der Waals surface area (Å²) in [6, 6.07) is 8.62. The van der Waals surface area contributed by atoms with Gasteiger partial charge in [-0.1, -0.05) is 12.1 Å². The van der Waals surface area contributed by atoms with E-state index in [1.165, 1.54) is 0 Å². The minimum atomic E-state index is -1.19. The Kier molecular flexibility index (Phi) is 4.98. The smallest absolute Gasteiger partial charge is 0.315 e. The summed E-state index contributed by atoms with van der Waals surface area (Å²) in [4.78, 5) is 11.8. The van der Waals surface area contributed by atoms with Gasteiger partial charge in [0.25, 0.3) is 0 Å². The van der Waals surface area contributed by atoms with Crippen molar-refractivity contribution < 1.29 is 9.90 Å². The van der Waals surface area contributed by atoms with E-state index in [4.69, 9.17) is 5.26 Å². The van der Waals surface area contributed by atoms with Crippen molar-refractivity contribution in [3.05, 3.63) is 53.3 Å². The van der Waals surface area contributed by atoms with Crippen molar-refractivity contribution in [1.29, 1.82) is 5.26 Å². The number of aryl methyl sites for hydroxylation is 1. The van der Waals surface area contributed by atoms with Gasteiger partial charge in [0.05, 0.1) is 24.4 Å². The average Bonchev–Trinajstić information content (AvgIpc) is 2.99. The van der Waals surface area contributed by atoms with Gasteiger partial charge in [-0.3, -0.25) is 4.68 Å². The van der Waals surface area contributed by atoms with Gasteiger partial charge in [-0.25, -0.2) is 4.79 Å². The van der Waals surface area contributed by atoms with Gasteiger partial charge < -0.3 is 15.7 Å². The fourth-order valence-corrected chi connectivity index (χ4v) is 2.00. The highest BCUT2D eigenvalue weighted by molar-refractivity contribution is 5.73. The SMILES string of the molecule is Cn1cc(C(C)(O)CNC(=O)NCc2ccc(C#N)cc2)cn1. The molecule has 0 spiro atoms. The van der Waals surface area contributed by atoms with E-state index in [9.17, 15) is 9.90 Å². The van der Waals surface area contributed by atoms with Crippen LogP contribution in [0.5, 0.6) is 0 Å². The van der Waals surface area contributed by atoms with Crippen molar-refractivity contribution in [3.63, 3.8) is 0 Å². The molecule has 1 heterocycles. The van der Waals surface area contributed by atoms with E-state index in [2.05, 4.69) is 15.7 Å². The van der Waals surface area contributed by atoms with Crippen molar-refractivity contribution in [1.82, 2.24) is 20.4 Å². The number of urea groups is 1. The third kappa shape index (κ3) is 4.56.